The summed E-state index contributed by atoms with van der Waals surface area (Å²) in [5.41, 5.74) is 6.85. The number of nitrogens with two attached hydrogens (primary N) is 1. The number of halogens is 2. The summed E-state index contributed by atoms with van der Waals surface area (Å²) in [5.74, 6) is -0.0634. The zero-order valence-electron chi connectivity index (χ0n) is 10.7. The van der Waals surface area contributed by atoms with Gasteiger partial charge in [-0.1, -0.05) is 35.3 Å². The summed E-state index contributed by atoms with van der Waals surface area (Å²) in [7, 11) is 0. The first-order chi connectivity index (χ1) is 9.45. The standard InChI is InChI=1S/C14H13Cl2N3O/c1-8(9-3-2-4-11(15)5-9)18-14(20)10-6-12(16)19-13(17)7-10/h2-8H,1H3,(H2,17,19)(H,18,20). The summed E-state index contributed by atoms with van der Waals surface area (Å²) in [5, 5.41) is 3.67. The van der Waals surface area contributed by atoms with Crippen molar-refractivity contribution in [3.05, 3.63) is 57.7 Å². The molecule has 1 amide bonds. The summed E-state index contributed by atoms with van der Waals surface area (Å²) >= 11 is 11.7. The SMILES string of the molecule is CC(NC(=O)c1cc(N)nc(Cl)c1)c1cccc(Cl)c1. The minimum atomic E-state index is -0.270. The molecule has 0 aliphatic heterocycles. The van der Waals surface area contributed by atoms with E-state index in [4.69, 9.17) is 28.9 Å². The van der Waals surface area contributed by atoms with E-state index in [2.05, 4.69) is 10.3 Å². The number of benzene rings is 1. The predicted molar refractivity (Wildman–Crippen MR) is 81.0 cm³/mol. The minimum Gasteiger partial charge on any atom is -0.384 e. The zero-order chi connectivity index (χ0) is 14.7. The number of carbonyl (C=O) groups is 1. The monoisotopic (exact) mass is 309 g/mol. The van der Waals surface area contributed by atoms with Crippen LogP contribution in [0.1, 0.15) is 28.9 Å². The van der Waals surface area contributed by atoms with E-state index in [0.717, 1.165) is 5.56 Å². The molecular formula is C14H13Cl2N3O. The zero-order valence-corrected chi connectivity index (χ0v) is 12.2. The maximum absolute atomic E-state index is 12.1. The van der Waals surface area contributed by atoms with Crippen LogP contribution in [0.4, 0.5) is 5.82 Å². The predicted octanol–water partition coefficient (Wildman–Crippen LogP) is 3.46. The second-order valence-corrected chi connectivity index (χ2v) is 5.18. The van der Waals surface area contributed by atoms with E-state index in [-0.39, 0.29) is 22.9 Å². The molecule has 1 unspecified atom stereocenters. The van der Waals surface area contributed by atoms with Crippen LogP contribution in [0.2, 0.25) is 10.2 Å². The van der Waals surface area contributed by atoms with E-state index in [9.17, 15) is 4.79 Å². The van der Waals surface area contributed by atoms with E-state index in [1.165, 1.54) is 12.1 Å². The average molecular weight is 310 g/mol. The van der Waals surface area contributed by atoms with Gasteiger partial charge in [0.25, 0.3) is 5.91 Å². The number of nitrogen functional groups attached to an aromatic ring is 1. The van der Waals surface area contributed by atoms with Crippen molar-refractivity contribution in [2.24, 2.45) is 0 Å². The van der Waals surface area contributed by atoms with Gasteiger partial charge in [-0.25, -0.2) is 4.98 Å². The summed E-state index contributed by atoms with van der Waals surface area (Å²) < 4.78 is 0. The fourth-order valence-electron chi connectivity index (χ4n) is 1.79. The maximum atomic E-state index is 12.1. The highest BCUT2D eigenvalue weighted by Crippen LogP contribution is 2.18. The van der Waals surface area contributed by atoms with Crippen LogP contribution in [0.3, 0.4) is 0 Å². The van der Waals surface area contributed by atoms with Crippen molar-refractivity contribution in [3.8, 4) is 0 Å². The van der Waals surface area contributed by atoms with Crippen LogP contribution < -0.4 is 11.1 Å². The number of amides is 1. The van der Waals surface area contributed by atoms with Crippen LogP contribution in [0, 0.1) is 0 Å². The smallest absolute Gasteiger partial charge is 0.251 e. The van der Waals surface area contributed by atoms with Gasteiger partial charge < -0.3 is 11.1 Å². The fraction of sp³-hybridized carbons (Fsp3) is 0.143. The Morgan fingerprint density at radius 1 is 1.30 bits per heavy atom. The molecule has 1 atom stereocenters. The molecule has 6 heteroatoms. The lowest BCUT2D eigenvalue weighted by atomic mass is 10.1. The summed E-state index contributed by atoms with van der Waals surface area (Å²) in [6, 6.07) is 10.1. The van der Waals surface area contributed by atoms with Gasteiger partial charge in [0.05, 0.1) is 6.04 Å². The van der Waals surface area contributed by atoms with E-state index in [1.54, 1.807) is 12.1 Å². The van der Waals surface area contributed by atoms with Gasteiger partial charge in [-0.15, -0.1) is 0 Å². The van der Waals surface area contributed by atoms with Gasteiger partial charge in [0, 0.05) is 10.6 Å². The largest absolute Gasteiger partial charge is 0.384 e. The third-order valence-corrected chi connectivity index (χ3v) is 3.20. The summed E-state index contributed by atoms with van der Waals surface area (Å²) in [6.07, 6.45) is 0. The number of rotatable bonds is 3. The molecule has 3 N–H and O–H groups in total. The van der Waals surface area contributed by atoms with Gasteiger partial charge in [-0.3, -0.25) is 4.79 Å². The number of anilines is 1. The van der Waals surface area contributed by atoms with Gasteiger partial charge >= 0.3 is 0 Å². The number of carbonyl (C=O) groups excluding carboxylic acids is 1. The molecule has 0 saturated carbocycles. The van der Waals surface area contributed by atoms with E-state index in [0.29, 0.717) is 10.6 Å². The van der Waals surface area contributed by atoms with Gasteiger partial charge in [0.1, 0.15) is 11.0 Å². The second kappa shape index (κ2) is 6.11. The normalized spacial score (nSPS) is 11.9. The molecule has 0 bridgehead atoms. The van der Waals surface area contributed by atoms with Gasteiger partial charge in [0.2, 0.25) is 0 Å². The first kappa shape index (κ1) is 14.6. The molecule has 0 fully saturated rings. The van der Waals surface area contributed by atoms with E-state index in [1.807, 2.05) is 19.1 Å². The Kier molecular flexibility index (Phi) is 4.47. The van der Waals surface area contributed by atoms with Crippen molar-refractivity contribution in [2.45, 2.75) is 13.0 Å². The first-order valence-electron chi connectivity index (χ1n) is 5.95. The number of nitrogens with zero attached hydrogens (tertiary/aromatic N) is 1. The van der Waals surface area contributed by atoms with Crippen molar-refractivity contribution in [1.82, 2.24) is 10.3 Å². The third kappa shape index (κ3) is 3.62. The Morgan fingerprint density at radius 2 is 2.05 bits per heavy atom. The van der Waals surface area contributed by atoms with Crippen LogP contribution >= 0.6 is 23.2 Å². The molecule has 104 valence electrons. The molecule has 4 nitrogen and oxygen atoms in total. The van der Waals surface area contributed by atoms with Crippen molar-refractivity contribution in [2.75, 3.05) is 5.73 Å². The molecule has 1 aromatic carbocycles. The van der Waals surface area contributed by atoms with E-state index >= 15 is 0 Å². The number of hydrogen-bond acceptors (Lipinski definition) is 3. The van der Waals surface area contributed by atoms with Crippen LogP contribution in [0.25, 0.3) is 0 Å². The molecule has 0 aliphatic carbocycles. The number of aromatic nitrogens is 1. The Bertz CT molecular complexity index is 626. The lowest BCUT2D eigenvalue weighted by molar-refractivity contribution is 0.0940. The molecule has 2 rings (SSSR count). The molecular weight excluding hydrogens is 297 g/mol. The Hall–Kier alpha value is -1.78. The van der Waals surface area contributed by atoms with Crippen molar-refractivity contribution < 1.29 is 4.79 Å². The number of nitrogens with one attached hydrogen (secondary N) is 1. The Balaban J connectivity index is 2.15. The highest BCUT2D eigenvalue weighted by molar-refractivity contribution is 6.30. The Morgan fingerprint density at radius 3 is 2.70 bits per heavy atom. The lowest BCUT2D eigenvalue weighted by Gasteiger charge is -2.15. The lowest BCUT2D eigenvalue weighted by Crippen LogP contribution is -2.26. The fourth-order valence-corrected chi connectivity index (χ4v) is 2.20. The van der Waals surface area contributed by atoms with Gasteiger partial charge in [0.15, 0.2) is 0 Å². The average Bonchev–Trinajstić information content (AvgIpc) is 2.37. The third-order valence-electron chi connectivity index (χ3n) is 2.77. The molecule has 0 aliphatic rings. The molecule has 20 heavy (non-hydrogen) atoms. The first-order valence-corrected chi connectivity index (χ1v) is 6.70. The second-order valence-electron chi connectivity index (χ2n) is 4.35. The van der Waals surface area contributed by atoms with Crippen molar-refractivity contribution in [3.63, 3.8) is 0 Å². The van der Waals surface area contributed by atoms with Crippen LogP contribution in [0.5, 0.6) is 0 Å². The maximum Gasteiger partial charge on any atom is 0.251 e. The quantitative estimate of drug-likeness (QED) is 0.853. The highest BCUT2D eigenvalue weighted by Gasteiger charge is 2.13. The highest BCUT2D eigenvalue weighted by atomic mass is 35.5. The van der Waals surface area contributed by atoms with E-state index < -0.39 is 0 Å². The van der Waals surface area contributed by atoms with Crippen LogP contribution in [-0.4, -0.2) is 10.9 Å². The Labute approximate surface area is 126 Å². The minimum absolute atomic E-state index is 0.186. The van der Waals surface area contributed by atoms with Crippen LogP contribution in [0.15, 0.2) is 36.4 Å². The number of pyridine rings is 1. The van der Waals surface area contributed by atoms with Crippen molar-refractivity contribution >= 4 is 34.9 Å². The number of hydrogen-bond donors (Lipinski definition) is 2. The topological polar surface area (TPSA) is 68.0 Å². The summed E-state index contributed by atoms with van der Waals surface area (Å²) in [6.45, 7) is 1.87. The molecule has 0 spiro atoms. The molecule has 0 saturated heterocycles. The van der Waals surface area contributed by atoms with Crippen LogP contribution in [-0.2, 0) is 0 Å². The van der Waals surface area contributed by atoms with Gasteiger partial charge in [-0.05, 0) is 36.8 Å². The molecule has 1 aromatic heterocycles. The summed E-state index contributed by atoms with van der Waals surface area (Å²) in [4.78, 5) is 15.9. The van der Waals surface area contributed by atoms with Gasteiger partial charge in [-0.2, -0.15) is 0 Å². The van der Waals surface area contributed by atoms with Crippen molar-refractivity contribution in [1.29, 1.82) is 0 Å². The molecule has 1 heterocycles. The molecule has 2 aromatic rings. The molecule has 0 radical (unpaired) electrons.